The number of nitrogens with zero attached hydrogens (tertiary/aromatic N) is 1. The van der Waals surface area contributed by atoms with Crippen LogP contribution >= 0.6 is 11.6 Å². The number of anilines is 2. The van der Waals surface area contributed by atoms with Crippen LogP contribution in [0, 0.1) is 11.8 Å². The maximum Gasteiger partial charge on any atom is 0.144 e. The van der Waals surface area contributed by atoms with Crippen LogP contribution in [0.3, 0.4) is 0 Å². The van der Waals surface area contributed by atoms with Crippen LogP contribution in [0.4, 0.5) is 11.5 Å². The molecule has 4 heteroatoms. The van der Waals surface area contributed by atoms with E-state index >= 15 is 0 Å². The smallest absolute Gasteiger partial charge is 0.144 e. The lowest BCUT2D eigenvalue weighted by molar-refractivity contribution is 0.268. The molecule has 17 heavy (non-hydrogen) atoms. The summed E-state index contributed by atoms with van der Waals surface area (Å²) < 4.78 is 0. The molecule has 1 heterocycles. The lowest BCUT2D eigenvalue weighted by Gasteiger charge is -2.29. The summed E-state index contributed by atoms with van der Waals surface area (Å²) >= 11 is 6.08. The number of hydrogen-bond acceptors (Lipinski definition) is 3. The molecule has 1 saturated carbocycles. The van der Waals surface area contributed by atoms with Gasteiger partial charge in [-0.05, 0) is 24.3 Å². The van der Waals surface area contributed by atoms with Crippen LogP contribution in [0.25, 0.3) is 0 Å². The van der Waals surface area contributed by atoms with E-state index in [0.29, 0.717) is 10.7 Å². The van der Waals surface area contributed by atoms with Crippen molar-refractivity contribution in [3.8, 4) is 0 Å². The van der Waals surface area contributed by atoms with E-state index in [4.69, 9.17) is 17.3 Å². The minimum Gasteiger partial charge on any atom is -0.397 e. The standard InChI is InChI=1S/C13H20ClN3/c1-9-4-2-3-5-10(9)7-16-13-12(14)6-11(15)8-17-13/h6,8-10H,2-5,7,15H2,1H3,(H,16,17). The van der Waals surface area contributed by atoms with Gasteiger partial charge in [-0.2, -0.15) is 0 Å². The number of halogens is 1. The molecule has 0 spiro atoms. The lowest BCUT2D eigenvalue weighted by atomic mass is 9.80. The molecule has 1 fully saturated rings. The Morgan fingerprint density at radius 1 is 1.47 bits per heavy atom. The predicted octanol–water partition coefficient (Wildman–Crippen LogP) is 3.56. The van der Waals surface area contributed by atoms with Gasteiger partial charge >= 0.3 is 0 Å². The van der Waals surface area contributed by atoms with Crippen molar-refractivity contribution < 1.29 is 0 Å². The van der Waals surface area contributed by atoms with Gasteiger partial charge in [0.25, 0.3) is 0 Å². The second-order valence-corrected chi connectivity index (χ2v) is 5.41. The van der Waals surface area contributed by atoms with Crippen LogP contribution in [0.2, 0.25) is 5.02 Å². The highest BCUT2D eigenvalue weighted by Gasteiger charge is 2.21. The van der Waals surface area contributed by atoms with Crippen molar-refractivity contribution >= 4 is 23.1 Å². The third-order valence-electron chi connectivity index (χ3n) is 3.68. The first kappa shape index (κ1) is 12.5. The fourth-order valence-electron chi connectivity index (χ4n) is 2.51. The Kier molecular flexibility index (Phi) is 4.11. The van der Waals surface area contributed by atoms with E-state index in [2.05, 4.69) is 17.2 Å². The van der Waals surface area contributed by atoms with Crippen LogP contribution in [0.1, 0.15) is 32.6 Å². The fraction of sp³-hybridized carbons (Fsp3) is 0.615. The second-order valence-electron chi connectivity index (χ2n) is 5.00. The van der Waals surface area contributed by atoms with Crippen LogP contribution in [-0.4, -0.2) is 11.5 Å². The maximum absolute atomic E-state index is 6.08. The Labute approximate surface area is 108 Å². The molecule has 0 saturated heterocycles. The molecule has 0 bridgehead atoms. The van der Waals surface area contributed by atoms with E-state index in [1.165, 1.54) is 25.7 Å². The maximum atomic E-state index is 6.08. The van der Waals surface area contributed by atoms with Gasteiger partial charge in [0.2, 0.25) is 0 Å². The lowest BCUT2D eigenvalue weighted by Crippen LogP contribution is -2.24. The largest absolute Gasteiger partial charge is 0.397 e. The third-order valence-corrected chi connectivity index (χ3v) is 3.97. The van der Waals surface area contributed by atoms with Crippen molar-refractivity contribution in [1.29, 1.82) is 0 Å². The predicted molar refractivity (Wildman–Crippen MR) is 73.3 cm³/mol. The first-order valence-electron chi connectivity index (χ1n) is 6.31. The Hall–Kier alpha value is -0.960. The number of aromatic nitrogens is 1. The van der Waals surface area contributed by atoms with Gasteiger partial charge in [-0.15, -0.1) is 0 Å². The highest BCUT2D eigenvalue weighted by atomic mass is 35.5. The number of pyridine rings is 1. The number of nitrogens with two attached hydrogens (primary N) is 1. The van der Waals surface area contributed by atoms with Crippen LogP contribution in [0.5, 0.6) is 0 Å². The van der Waals surface area contributed by atoms with Gasteiger partial charge in [0.1, 0.15) is 5.82 Å². The first-order valence-corrected chi connectivity index (χ1v) is 6.69. The molecule has 1 aromatic rings. The molecule has 0 aromatic carbocycles. The number of nitrogen functional groups attached to an aromatic ring is 1. The van der Waals surface area contributed by atoms with Crippen molar-refractivity contribution in [3.05, 3.63) is 17.3 Å². The van der Waals surface area contributed by atoms with Gasteiger partial charge in [-0.25, -0.2) is 4.98 Å². The molecule has 2 rings (SSSR count). The van der Waals surface area contributed by atoms with Crippen molar-refractivity contribution in [2.45, 2.75) is 32.6 Å². The Morgan fingerprint density at radius 2 is 2.24 bits per heavy atom. The molecule has 1 aliphatic rings. The highest BCUT2D eigenvalue weighted by Crippen LogP contribution is 2.30. The molecule has 2 atom stereocenters. The summed E-state index contributed by atoms with van der Waals surface area (Å²) in [6.07, 6.45) is 7.01. The van der Waals surface area contributed by atoms with E-state index in [-0.39, 0.29) is 0 Å². The zero-order valence-electron chi connectivity index (χ0n) is 10.2. The molecule has 3 N–H and O–H groups in total. The zero-order chi connectivity index (χ0) is 12.3. The molecular weight excluding hydrogens is 234 g/mol. The van der Waals surface area contributed by atoms with Gasteiger partial charge in [-0.1, -0.05) is 37.8 Å². The average molecular weight is 254 g/mol. The average Bonchev–Trinajstić information content (AvgIpc) is 2.30. The Morgan fingerprint density at radius 3 is 2.94 bits per heavy atom. The van der Waals surface area contributed by atoms with Crippen molar-refractivity contribution in [2.75, 3.05) is 17.6 Å². The van der Waals surface area contributed by atoms with E-state index in [1.807, 2.05) is 0 Å². The summed E-state index contributed by atoms with van der Waals surface area (Å²) in [5.41, 5.74) is 6.22. The minimum atomic E-state index is 0.603. The summed E-state index contributed by atoms with van der Waals surface area (Å²) in [6, 6.07) is 1.74. The topological polar surface area (TPSA) is 50.9 Å². The molecule has 1 aliphatic carbocycles. The molecule has 0 aliphatic heterocycles. The monoisotopic (exact) mass is 253 g/mol. The van der Waals surface area contributed by atoms with Crippen LogP contribution in [-0.2, 0) is 0 Å². The normalized spacial score (nSPS) is 24.6. The Balaban J connectivity index is 1.92. The van der Waals surface area contributed by atoms with E-state index < -0.39 is 0 Å². The van der Waals surface area contributed by atoms with Crippen molar-refractivity contribution in [1.82, 2.24) is 4.98 Å². The summed E-state index contributed by atoms with van der Waals surface area (Å²) in [5, 5.41) is 3.95. The van der Waals surface area contributed by atoms with Gasteiger partial charge in [0.15, 0.2) is 0 Å². The summed E-state index contributed by atoms with van der Waals surface area (Å²) in [4.78, 5) is 4.22. The summed E-state index contributed by atoms with van der Waals surface area (Å²) in [7, 11) is 0. The van der Waals surface area contributed by atoms with E-state index in [0.717, 1.165) is 24.2 Å². The molecule has 0 amide bonds. The van der Waals surface area contributed by atoms with Gasteiger partial charge in [-0.3, -0.25) is 0 Å². The Bertz CT molecular complexity index is 381. The molecule has 0 radical (unpaired) electrons. The third kappa shape index (κ3) is 3.25. The van der Waals surface area contributed by atoms with Crippen LogP contribution in [0.15, 0.2) is 12.3 Å². The first-order chi connectivity index (χ1) is 8.16. The highest BCUT2D eigenvalue weighted by molar-refractivity contribution is 6.33. The van der Waals surface area contributed by atoms with E-state index in [1.54, 1.807) is 12.3 Å². The van der Waals surface area contributed by atoms with Gasteiger partial charge in [0.05, 0.1) is 16.9 Å². The van der Waals surface area contributed by atoms with Crippen molar-refractivity contribution in [3.63, 3.8) is 0 Å². The minimum absolute atomic E-state index is 0.603. The molecule has 3 nitrogen and oxygen atoms in total. The van der Waals surface area contributed by atoms with Gasteiger partial charge in [0, 0.05) is 6.54 Å². The second kappa shape index (κ2) is 5.58. The van der Waals surface area contributed by atoms with Gasteiger partial charge < -0.3 is 11.1 Å². The van der Waals surface area contributed by atoms with Crippen LogP contribution < -0.4 is 11.1 Å². The van der Waals surface area contributed by atoms with Crippen molar-refractivity contribution in [2.24, 2.45) is 11.8 Å². The summed E-state index contributed by atoms with van der Waals surface area (Å²) in [5.74, 6) is 2.28. The fourth-order valence-corrected chi connectivity index (χ4v) is 2.75. The molecule has 1 aromatic heterocycles. The molecular formula is C13H20ClN3. The zero-order valence-corrected chi connectivity index (χ0v) is 11.0. The number of rotatable bonds is 3. The molecule has 94 valence electrons. The summed E-state index contributed by atoms with van der Waals surface area (Å²) in [6.45, 7) is 3.29. The number of nitrogens with one attached hydrogen (secondary N) is 1. The SMILES string of the molecule is CC1CCCCC1CNc1ncc(N)cc1Cl. The number of hydrogen-bond donors (Lipinski definition) is 2. The molecule has 2 unspecified atom stereocenters. The van der Waals surface area contributed by atoms with E-state index in [9.17, 15) is 0 Å². The quantitative estimate of drug-likeness (QED) is 0.866.